The Morgan fingerprint density at radius 2 is 2.21 bits per heavy atom. The molecule has 3 unspecified atom stereocenters. The number of likely N-dealkylation sites (N-methyl/N-ethyl adjacent to an activating group) is 1. The molecule has 5 heterocycles. The number of hydrogen-bond acceptors (Lipinski definition) is 7. The van der Waals surface area contributed by atoms with Gasteiger partial charge < -0.3 is 14.4 Å². The van der Waals surface area contributed by atoms with Crippen LogP contribution in [0.4, 0.5) is 0 Å². The normalized spacial score (nSPS) is 28.1. The van der Waals surface area contributed by atoms with Crippen LogP contribution in [0, 0.1) is 0 Å². The van der Waals surface area contributed by atoms with Crippen LogP contribution < -0.4 is 0 Å². The average molecular weight is 438 g/mol. The van der Waals surface area contributed by atoms with Crippen molar-refractivity contribution in [3.8, 4) is 0 Å². The van der Waals surface area contributed by atoms with Crippen LogP contribution in [0.1, 0.15) is 18.9 Å². The van der Waals surface area contributed by atoms with Crippen LogP contribution in [0.5, 0.6) is 0 Å². The second-order valence-corrected chi connectivity index (χ2v) is 10.7. The van der Waals surface area contributed by atoms with Gasteiger partial charge in [-0.25, -0.2) is 18.4 Å². The second kappa shape index (κ2) is 6.76. The van der Waals surface area contributed by atoms with E-state index in [1.165, 1.54) is 11.8 Å². The molecular formula is C18H20ClN5O2S2. The number of fused-ring (bicyclic) bond motifs is 2. The fraction of sp³-hybridized carbons (Fsp3) is 0.444. The van der Waals surface area contributed by atoms with E-state index in [2.05, 4.69) is 21.9 Å². The summed E-state index contributed by atoms with van der Waals surface area (Å²) >= 11 is 7.74. The third kappa shape index (κ3) is 2.79. The molecule has 1 fully saturated rings. The molecule has 0 N–H and O–H groups in total. The minimum atomic E-state index is -3.78. The van der Waals surface area contributed by atoms with E-state index in [4.69, 9.17) is 11.6 Å². The van der Waals surface area contributed by atoms with E-state index in [9.17, 15) is 8.42 Å². The van der Waals surface area contributed by atoms with E-state index in [1.54, 1.807) is 29.6 Å². The summed E-state index contributed by atoms with van der Waals surface area (Å²) in [5.74, 6) is 0. The highest BCUT2D eigenvalue weighted by Crippen LogP contribution is 2.40. The number of nitrogens with zero attached hydrogens (tertiary/aromatic N) is 5. The molecule has 0 aromatic carbocycles. The van der Waals surface area contributed by atoms with Gasteiger partial charge in [-0.2, -0.15) is 0 Å². The highest BCUT2D eigenvalue weighted by atomic mass is 35.5. The number of rotatable bonds is 3. The van der Waals surface area contributed by atoms with E-state index in [1.807, 2.05) is 16.0 Å². The van der Waals surface area contributed by atoms with Crippen molar-refractivity contribution < 1.29 is 8.42 Å². The fourth-order valence-corrected chi connectivity index (χ4v) is 7.57. The van der Waals surface area contributed by atoms with Crippen LogP contribution in [-0.2, 0) is 9.84 Å². The zero-order valence-electron chi connectivity index (χ0n) is 15.3. The standard InChI is InChI=1S/C18H20ClN5O2S2/c1-22-7-3-4-12(10-22)24-11-14(13-5-2-6-20-16(13)24)28(25,26)17-15(19)21-18-23(17)8-9-27-18/h2,5-6,8-9,11-12,17-18H,3-4,7,10H2,1H3. The Morgan fingerprint density at radius 3 is 3.04 bits per heavy atom. The predicted molar refractivity (Wildman–Crippen MR) is 112 cm³/mol. The number of aromatic nitrogens is 2. The molecule has 3 aliphatic rings. The van der Waals surface area contributed by atoms with Crippen molar-refractivity contribution in [2.24, 2.45) is 4.99 Å². The number of aliphatic imine (C=N–C) groups is 1. The maximum Gasteiger partial charge on any atom is 0.208 e. The topological polar surface area (TPSA) is 70.8 Å². The summed E-state index contributed by atoms with van der Waals surface area (Å²) in [5.41, 5.74) is 0.404. The Morgan fingerprint density at radius 1 is 1.36 bits per heavy atom. The third-order valence-electron chi connectivity index (χ3n) is 5.54. The molecule has 1 saturated heterocycles. The van der Waals surface area contributed by atoms with E-state index in [-0.39, 0.29) is 21.6 Å². The summed E-state index contributed by atoms with van der Waals surface area (Å²) in [4.78, 5) is 13.1. The number of halogens is 1. The van der Waals surface area contributed by atoms with Crippen LogP contribution in [0.2, 0.25) is 0 Å². The molecule has 3 aliphatic heterocycles. The number of piperidine rings is 1. The number of thioether (sulfide) groups is 1. The molecule has 0 radical (unpaired) electrons. The quantitative estimate of drug-likeness (QED) is 0.735. The van der Waals surface area contributed by atoms with Gasteiger partial charge >= 0.3 is 0 Å². The van der Waals surface area contributed by atoms with E-state index >= 15 is 0 Å². The summed E-state index contributed by atoms with van der Waals surface area (Å²) < 4.78 is 29.4. The number of pyridine rings is 1. The lowest BCUT2D eigenvalue weighted by Gasteiger charge is -2.30. The molecule has 0 bridgehead atoms. The van der Waals surface area contributed by atoms with Crippen LogP contribution >= 0.6 is 23.4 Å². The number of likely N-dealkylation sites (tertiary alicyclic amines) is 1. The maximum absolute atomic E-state index is 13.7. The molecule has 2 aromatic heterocycles. The van der Waals surface area contributed by atoms with Gasteiger partial charge in [-0.15, -0.1) is 0 Å². The maximum atomic E-state index is 13.7. The monoisotopic (exact) mass is 437 g/mol. The molecule has 10 heteroatoms. The van der Waals surface area contributed by atoms with Gasteiger partial charge in [0.25, 0.3) is 0 Å². The van der Waals surface area contributed by atoms with Crippen molar-refractivity contribution in [3.63, 3.8) is 0 Å². The Hall–Kier alpha value is -1.55. The first-order chi connectivity index (χ1) is 13.5. The van der Waals surface area contributed by atoms with Gasteiger partial charge in [-0.1, -0.05) is 23.4 Å². The number of hydrogen-bond donors (Lipinski definition) is 0. The molecule has 148 valence electrons. The molecule has 0 amide bonds. The van der Waals surface area contributed by atoms with Crippen molar-refractivity contribution in [2.75, 3.05) is 20.1 Å². The predicted octanol–water partition coefficient (Wildman–Crippen LogP) is 2.86. The molecule has 2 aromatic rings. The van der Waals surface area contributed by atoms with E-state index in [0.717, 1.165) is 25.9 Å². The average Bonchev–Trinajstić information content (AvgIpc) is 3.33. The van der Waals surface area contributed by atoms with Crippen LogP contribution in [0.3, 0.4) is 0 Å². The highest BCUT2D eigenvalue weighted by molar-refractivity contribution is 8.03. The van der Waals surface area contributed by atoms with Crippen LogP contribution in [0.25, 0.3) is 11.0 Å². The first-order valence-corrected chi connectivity index (χ1v) is 12.0. The van der Waals surface area contributed by atoms with E-state index < -0.39 is 15.2 Å². The Balaban J connectivity index is 1.63. The summed E-state index contributed by atoms with van der Waals surface area (Å²) in [6.45, 7) is 1.93. The van der Waals surface area contributed by atoms with Crippen molar-refractivity contribution in [2.45, 2.75) is 34.7 Å². The molecule has 0 saturated carbocycles. The summed E-state index contributed by atoms with van der Waals surface area (Å²) in [5, 5.41) is 1.62. The molecule has 7 nitrogen and oxygen atoms in total. The lowest BCUT2D eigenvalue weighted by molar-refractivity contribution is 0.214. The molecule has 28 heavy (non-hydrogen) atoms. The first-order valence-electron chi connectivity index (χ1n) is 9.17. The SMILES string of the molecule is CN1CCCC(n2cc(S(=O)(=O)C3C(Cl)=NC4SC=CN43)c3cccnc32)C1. The summed E-state index contributed by atoms with van der Waals surface area (Å²) in [6.07, 6.45) is 7.30. The first kappa shape index (κ1) is 18.5. The van der Waals surface area contributed by atoms with Gasteiger partial charge in [0.05, 0.1) is 4.90 Å². The molecule has 3 atom stereocenters. The van der Waals surface area contributed by atoms with Gasteiger partial charge in [-0.05, 0) is 44.0 Å². The highest BCUT2D eigenvalue weighted by Gasteiger charge is 2.46. The molecule has 0 aliphatic carbocycles. The summed E-state index contributed by atoms with van der Waals surface area (Å²) in [6, 6.07) is 3.80. The molecular weight excluding hydrogens is 418 g/mol. The number of sulfone groups is 1. The Bertz CT molecular complexity index is 1100. The third-order valence-corrected chi connectivity index (χ3v) is 8.84. The fourth-order valence-electron chi connectivity index (χ4n) is 4.23. The summed E-state index contributed by atoms with van der Waals surface area (Å²) in [7, 11) is -1.68. The zero-order chi connectivity index (χ0) is 19.5. The Labute approximate surface area is 173 Å². The lowest BCUT2D eigenvalue weighted by Crippen LogP contribution is -2.38. The largest absolute Gasteiger partial charge is 0.327 e. The van der Waals surface area contributed by atoms with E-state index in [0.29, 0.717) is 11.0 Å². The van der Waals surface area contributed by atoms with Gasteiger partial charge in [0.1, 0.15) is 10.8 Å². The van der Waals surface area contributed by atoms with Crippen LogP contribution in [0.15, 0.2) is 46.0 Å². The van der Waals surface area contributed by atoms with Crippen molar-refractivity contribution >= 4 is 49.4 Å². The van der Waals surface area contributed by atoms with Crippen molar-refractivity contribution in [1.82, 2.24) is 19.4 Å². The van der Waals surface area contributed by atoms with Gasteiger partial charge in [0, 0.05) is 36.6 Å². The minimum Gasteiger partial charge on any atom is -0.327 e. The second-order valence-electron chi connectivity index (χ2n) is 7.38. The van der Waals surface area contributed by atoms with Crippen molar-refractivity contribution in [1.29, 1.82) is 0 Å². The zero-order valence-corrected chi connectivity index (χ0v) is 17.7. The smallest absolute Gasteiger partial charge is 0.208 e. The molecule has 0 spiro atoms. The lowest BCUT2D eigenvalue weighted by atomic mass is 10.1. The van der Waals surface area contributed by atoms with Crippen molar-refractivity contribution in [3.05, 3.63) is 36.1 Å². The van der Waals surface area contributed by atoms with Gasteiger partial charge in [0.15, 0.2) is 10.9 Å². The van der Waals surface area contributed by atoms with Crippen LogP contribution in [-0.4, -0.2) is 63.9 Å². The molecule has 5 rings (SSSR count). The Kier molecular flexibility index (Phi) is 4.46. The van der Waals surface area contributed by atoms with Gasteiger partial charge in [0.2, 0.25) is 9.84 Å². The minimum absolute atomic E-state index is 0.115. The van der Waals surface area contributed by atoms with Gasteiger partial charge in [-0.3, -0.25) is 0 Å².